The van der Waals surface area contributed by atoms with Crippen molar-refractivity contribution in [1.29, 1.82) is 5.26 Å². The molecule has 1 rings (SSSR count). The second kappa shape index (κ2) is 6.68. The van der Waals surface area contributed by atoms with E-state index in [4.69, 9.17) is 11.1 Å². The number of nitrogen functional groups attached to an aromatic ring is 1. The maximum atomic E-state index is 10.8. The molecule has 0 aromatic heterocycles. The summed E-state index contributed by atoms with van der Waals surface area (Å²) in [4.78, 5) is 12.2. The third-order valence-electron chi connectivity index (χ3n) is 2.70. The predicted octanol–water partition coefficient (Wildman–Crippen LogP) is 1.47. The zero-order chi connectivity index (χ0) is 14.4. The lowest BCUT2D eigenvalue weighted by molar-refractivity contribution is -0.384. The summed E-state index contributed by atoms with van der Waals surface area (Å²) in [6, 6.07) is 6.62. The molecule has 7 heteroatoms. The van der Waals surface area contributed by atoms with Gasteiger partial charge in [-0.25, -0.2) is 0 Å². The average molecular weight is 263 g/mol. The van der Waals surface area contributed by atoms with E-state index in [-0.39, 0.29) is 11.6 Å². The lowest BCUT2D eigenvalue weighted by Crippen LogP contribution is -2.24. The first kappa shape index (κ1) is 14.9. The van der Waals surface area contributed by atoms with Crippen molar-refractivity contribution < 1.29 is 4.92 Å². The molecular formula is C12H17N5O2. The summed E-state index contributed by atoms with van der Waals surface area (Å²) in [5, 5.41) is 19.5. The van der Waals surface area contributed by atoms with Crippen molar-refractivity contribution >= 4 is 11.4 Å². The van der Waals surface area contributed by atoms with E-state index >= 15 is 0 Å². The van der Waals surface area contributed by atoms with Crippen LogP contribution in [0.3, 0.4) is 0 Å². The standard InChI is InChI=1S/C12H17N5O2/c1-9(6-13)7-16(2)8-10-5-11(17(18)19)3-4-12(10)15-14/h3-5,9,15H,7-8,14H2,1-2H3. The first-order chi connectivity index (χ1) is 8.97. The maximum Gasteiger partial charge on any atom is 0.269 e. The number of nitro groups is 1. The van der Waals surface area contributed by atoms with Crippen molar-refractivity contribution in [3.8, 4) is 6.07 Å². The molecule has 1 aromatic carbocycles. The van der Waals surface area contributed by atoms with Crippen molar-refractivity contribution in [2.45, 2.75) is 13.5 Å². The fraction of sp³-hybridized carbons (Fsp3) is 0.417. The second-order valence-corrected chi connectivity index (χ2v) is 4.47. The number of nitrogens with zero attached hydrogens (tertiary/aromatic N) is 3. The zero-order valence-electron chi connectivity index (χ0n) is 11.0. The Morgan fingerprint density at radius 1 is 1.63 bits per heavy atom. The van der Waals surface area contributed by atoms with E-state index in [9.17, 15) is 10.1 Å². The van der Waals surface area contributed by atoms with Crippen molar-refractivity contribution in [2.75, 3.05) is 19.0 Å². The highest BCUT2D eigenvalue weighted by Crippen LogP contribution is 2.22. The molecule has 7 nitrogen and oxygen atoms in total. The van der Waals surface area contributed by atoms with E-state index in [1.165, 1.54) is 12.1 Å². The molecule has 1 aromatic rings. The van der Waals surface area contributed by atoms with Crippen LogP contribution in [0.5, 0.6) is 0 Å². The summed E-state index contributed by atoms with van der Waals surface area (Å²) in [7, 11) is 1.85. The normalized spacial score (nSPS) is 11.9. The van der Waals surface area contributed by atoms with Gasteiger partial charge < -0.3 is 10.3 Å². The molecule has 0 aliphatic rings. The van der Waals surface area contributed by atoms with E-state index in [2.05, 4.69) is 11.5 Å². The van der Waals surface area contributed by atoms with Gasteiger partial charge in [0.15, 0.2) is 0 Å². The van der Waals surface area contributed by atoms with Crippen molar-refractivity contribution in [1.82, 2.24) is 4.90 Å². The van der Waals surface area contributed by atoms with Crippen LogP contribution in [-0.4, -0.2) is 23.4 Å². The van der Waals surface area contributed by atoms with E-state index < -0.39 is 4.92 Å². The Morgan fingerprint density at radius 2 is 2.32 bits per heavy atom. The Hall–Kier alpha value is -2.17. The molecule has 0 amide bonds. The third-order valence-corrected chi connectivity index (χ3v) is 2.70. The number of benzene rings is 1. The summed E-state index contributed by atoms with van der Waals surface area (Å²) >= 11 is 0. The first-order valence-electron chi connectivity index (χ1n) is 5.80. The number of nitrogens with one attached hydrogen (secondary N) is 1. The van der Waals surface area contributed by atoms with Gasteiger partial charge in [-0.15, -0.1) is 0 Å². The minimum atomic E-state index is -0.443. The fourth-order valence-corrected chi connectivity index (χ4v) is 1.83. The molecule has 0 radical (unpaired) electrons. The molecule has 0 heterocycles. The first-order valence-corrected chi connectivity index (χ1v) is 5.80. The maximum absolute atomic E-state index is 10.8. The number of nitrogens with two attached hydrogens (primary N) is 1. The number of hydrazine groups is 1. The van der Waals surface area contributed by atoms with Crippen LogP contribution >= 0.6 is 0 Å². The number of non-ortho nitro benzene ring substituents is 1. The molecule has 102 valence electrons. The molecule has 0 fully saturated rings. The monoisotopic (exact) mass is 263 g/mol. The van der Waals surface area contributed by atoms with Gasteiger partial charge in [-0.1, -0.05) is 0 Å². The lowest BCUT2D eigenvalue weighted by Gasteiger charge is -2.19. The van der Waals surface area contributed by atoms with Gasteiger partial charge in [-0.05, 0) is 25.6 Å². The van der Waals surface area contributed by atoms with E-state index in [1.54, 1.807) is 6.07 Å². The largest absolute Gasteiger partial charge is 0.324 e. The highest BCUT2D eigenvalue weighted by Gasteiger charge is 2.13. The van der Waals surface area contributed by atoms with Crippen LogP contribution in [-0.2, 0) is 6.54 Å². The minimum absolute atomic E-state index is 0.0238. The average Bonchev–Trinajstić information content (AvgIpc) is 2.38. The molecule has 1 unspecified atom stereocenters. The quantitative estimate of drug-likeness (QED) is 0.457. The molecule has 0 saturated heterocycles. The number of nitriles is 1. The highest BCUT2D eigenvalue weighted by molar-refractivity contribution is 5.55. The summed E-state index contributed by atoms with van der Waals surface area (Å²) in [5.41, 5.74) is 3.91. The molecule has 19 heavy (non-hydrogen) atoms. The molecular weight excluding hydrogens is 246 g/mol. The summed E-state index contributed by atoms with van der Waals surface area (Å²) < 4.78 is 0. The molecule has 0 saturated carbocycles. The summed E-state index contributed by atoms with van der Waals surface area (Å²) in [6.45, 7) is 2.89. The molecule has 0 aliphatic carbocycles. The lowest BCUT2D eigenvalue weighted by atomic mass is 10.1. The SMILES string of the molecule is CC(C#N)CN(C)Cc1cc([N+](=O)[O-])ccc1NN. The smallest absolute Gasteiger partial charge is 0.269 e. The van der Waals surface area contributed by atoms with Gasteiger partial charge >= 0.3 is 0 Å². The molecule has 0 aliphatic heterocycles. The predicted molar refractivity (Wildman–Crippen MR) is 72.0 cm³/mol. The van der Waals surface area contributed by atoms with Gasteiger partial charge in [0.1, 0.15) is 0 Å². The van der Waals surface area contributed by atoms with Crippen LogP contribution in [0.4, 0.5) is 11.4 Å². The Labute approximate surface area is 111 Å². The Balaban J connectivity index is 2.89. The Morgan fingerprint density at radius 3 is 2.84 bits per heavy atom. The summed E-state index contributed by atoms with van der Waals surface area (Å²) in [6.07, 6.45) is 0. The Kier molecular flexibility index (Phi) is 5.23. The molecule has 0 bridgehead atoms. The number of nitro benzene ring substituents is 1. The number of anilines is 1. The fourth-order valence-electron chi connectivity index (χ4n) is 1.83. The Bertz CT molecular complexity index is 497. The van der Waals surface area contributed by atoms with Crippen LogP contribution in [0, 0.1) is 27.4 Å². The van der Waals surface area contributed by atoms with Gasteiger partial charge in [0.25, 0.3) is 5.69 Å². The van der Waals surface area contributed by atoms with Gasteiger partial charge in [0, 0.05) is 25.2 Å². The molecule has 3 N–H and O–H groups in total. The van der Waals surface area contributed by atoms with Gasteiger partial charge in [0.05, 0.1) is 22.6 Å². The van der Waals surface area contributed by atoms with E-state index in [1.807, 2.05) is 18.9 Å². The van der Waals surface area contributed by atoms with Crippen LogP contribution < -0.4 is 11.3 Å². The zero-order valence-corrected chi connectivity index (χ0v) is 11.0. The van der Waals surface area contributed by atoms with Gasteiger partial charge in [0.2, 0.25) is 0 Å². The number of hydrogen-bond donors (Lipinski definition) is 2. The van der Waals surface area contributed by atoms with Crippen molar-refractivity contribution in [2.24, 2.45) is 11.8 Å². The van der Waals surface area contributed by atoms with Gasteiger partial charge in [-0.2, -0.15) is 5.26 Å². The summed E-state index contributed by atoms with van der Waals surface area (Å²) in [5.74, 6) is 5.29. The van der Waals surface area contributed by atoms with E-state index in [0.29, 0.717) is 18.8 Å². The van der Waals surface area contributed by atoms with Crippen LogP contribution in [0.1, 0.15) is 12.5 Å². The molecule has 0 spiro atoms. The third kappa shape index (κ3) is 4.21. The van der Waals surface area contributed by atoms with Gasteiger partial charge in [-0.3, -0.25) is 16.0 Å². The van der Waals surface area contributed by atoms with Crippen molar-refractivity contribution in [3.63, 3.8) is 0 Å². The number of rotatable bonds is 6. The molecule has 1 atom stereocenters. The van der Waals surface area contributed by atoms with Crippen LogP contribution in [0.25, 0.3) is 0 Å². The number of hydrogen-bond acceptors (Lipinski definition) is 6. The van der Waals surface area contributed by atoms with Crippen LogP contribution in [0.15, 0.2) is 18.2 Å². The second-order valence-electron chi connectivity index (χ2n) is 4.47. The van der Waals surface area contributed by atoms with E-state index in [0.717, 1.165) is 5.56 Å². The van der Waals surface area contributed by atoms with Crippen molar-refractivity contribution in [3.05, 3.63) is 33.9 Å². The minimum Gasteiger partial charge on any atom is -0.324 e. The van der Waals surface area contributed by atoms with Crippen LogP contribution in [0.2, 0.25) is 0 Å². The highest BCUT2D eigenvalue weighted by atomic mass is 16.6. The topological polar surface area (TPSA) is 108 Å².